The number of amides is 1. The molecule has 1 aromatic carbocycles. The van der Waals surface area contributed by atoms with Gasteiger partial charge in [-0.1, -0.05) is 6.07 Å². The van der Waals surface area contributed by atoms with E-state index in [1.54, 1.807) is 22.3 Å². The number of aromatic nitrogens is 2. The molecule has 190 valence electrons. The summed E-state index contributed by atoms with van der Waals surface area (Å²) in [4.78, 5) is 27.9. The number of carbonyl (C=O) groups is 1. The van der Waals surface area contributed by atoms with Crippen molar-refractivity contribution in [2.24, 2.45) is 0 Å². The predicted molar refractivity (Wildman–Crippen MR) is 133 cm³/mol. The van der Waals surface area contributed by atoms with Crippen LogP contribution in [0.5, 0.6) is 0 Å². The van der Waals surface area contributed by atoms with Crippen molar-refractivity contribution in [2.45, 2.75) is 31.5 Å². The number of benzene rings is 1. The summed E-state index contributed by atoms with van der Waals surface area (Å²) in [6.45, 7) is 4.79. The van der Waals surface area contributed by atoms with Crippen LogP contribution >= 0.6 is 11.3 Å². The predicted octanol–water partition coefficient (Wildman–Crippen LogP) is 4.90. The summed E-state index contributed by atoms with van der Waals surface area (Å²) in [6.07, 6.45) is 1.30. The lowest BCUT2D eigenvalue weighted by molar-refractivity contribution is -0.137. The van der Waals surface area contributed by atoms with Crippen LogP contribution in [0.25, 0.3) is 0 Å². The van der Waals surface area contributed by atoms with Crippen molar-refractivity contribution in [3.05, 3.63) is 76.0 Å². The highest BCUT2D eigenvalue weighted by atomic mass is 32.1. The standard InChI is InChI=1S/C26H28F3N5OS/c27-26(28,29)21-2-1-3-22(16-21)33-12-14-34(15-13-33)25(35)23-18-36-24(31-23)20-6-10-32(11-7-20)17-19-4-8-30-9-5-19/h1-5,8-9,16,18,20H,6-7,10-15,17H2. The van der Waals surface area contributed by atoms with Gasteiger partial charge in [0, 0.05) is 62.1 Å². The van der Waals surface area contributed by atoms with Gasteiger partial charge < -0.3 is 9.80 Å². The average molecular weight is 516 g/mol. The summed E-state index contributed by atoms with van der Waals surface area (Å²) in [5.41, 5.74) is 1.61. The Balaban J connectivity index is 1.13. The van der Waals surface area contributed by atoms with E-state index in [4.69, 9.17) is 4.98 Å². The molecule has 2 aromatic heterocycles. The first-order valence-electron chi connectivity index (χ1n) is 12.1. The molecule has 0 radical (unpaired) electrons. The van der Waals surface area contributed by atoms with Gasteiger partial charge in [-0.2, -0.15) is 13.2 Å². The molecule has 0 saturated carbocycles. The Kier molecular flexibility index (Phi) is 7.25. The molecule has 0 spiro atoms. The number of piperazine rings is 1. The number of rotatable bonds is 5. The van der Waals surface area contributed by atoms with Gasteiger partial charge in [-0.3, -0.25) is 14.7 Å². The number of carbonyl (C=O) groups excluding carboxylic acids is 1. The summed E-state index contributed by atoms with van der Waals surface area (Å²) < 4.78 is 39.2. The number of nitrogens with zero attached hydrogens (tertiary/aromatic N) is 5. The number of piperidine rings is 1. The van der Waals surface area contributed by atoms with Crippen molar-refractivity contribution < 1.29 is 18.0 Å². The van der Waals surface area contributed by atoms with Crippen LogP contribution in [0, 0.1) is 0 Å². The maximum absolute atomic E-state index is 13.1. The molecule has 2 aliphatic heterocycles. The van der Waals surface area contributed by atoms with E-state index in [1.165, 1.54) is 17.7 Å². The summed E-state index contributed by atoms with van der Waals surface area (Å²) in [5, 5.41) is 2.87. The number of anilines is 1. The van der Waals surface area contributed by atoms with E-state index in [1.807, 2.05) is 34.8 Å². The molecule has 0 aliphatic carbocycles. The molecule has 6 nitrogen and oxygen atoms in total. The highest BCUT2D eigenvalue weighted by Gasteiger charge is 2.32. The second-order valence-corrected chi connectivity index (χ2v) is 10.2. The molecule has 1 amide bonds. The van der Waals surface area contributed by atoms with Gasteiger partial charge in [-0.15, -0.1) is 11.3 Å². The van der Waals surface area contributed by atoms with E-state index >= 15 is 0 Å². The number of hydrogen-bond acceptors (Lipinski definition) is 6. The Labute approximate surface area is 212 Å². The maximum Gasteiger partial charge on any atom is 0.416 e. The first-order valence-corrected chi connectivity index (χ1v) is 13.0. The molecule has 2 fully saturated rings. The van der Waals surface area contributed by atoms with Gasteiger partial charge in [0.15, 0.2) is 0 Å². The zero-order valence-electron chi connectivity index (χ0n) is 19.8. The smallest absolute Gasteiger partial charge is 0.368 e. The van der Waals surface area contributed by atoms with E-state index in [0.29, 0.717) is 43.5 Å². The third-order valence-electron chi connectivity index (χ3n) is 6.94. The van der Waals surface area contributed by atoms with Crippen LogP contribution in [0.2, 0.25) is 0 Å². The fourth-order valence-electron chi connectivity index (χ4n) is 4.87. The van der Waals surface area contributed by atoms with Crippen molar-refractivity contribution >= 4 is 22.9 Å². The van der Waals surface area contributed by atoms with E-state index in [0.717, 1.165) is 43.5 Å². The van der Waals surface area contributed by atoms with E-state index in [9.17, 15) is 18.0 Å². The van der Waals surface area contributed by atoms with Gasteiger partial charge in [0.05, 0.1) is 10.6 Å². The fraction of sp³-hybridized carbons (Fsp3) is 0.423. The van der Waals surface area contributed by atoms with Gasteiger partial charge in [0.25, 0.3) is 5.91 Å². The van der Waals surface area contributed by atoms with Gasteiger partial charge in [0.2, 0.25) is 0 Å². The summed E-state index contributed by atoms with van der Waals surface area (Å²) in [7, 11) is 0. The second kappa shape index (κ2) is 10.6. The Morgan fingerprint density at radius 3 is 2.42 bits per heavy atom. The van der Waals surface area contributed by atoms with Crippen molar-refractivity contribution in [1.82, 2.24) is 19.8 Å². The molecule has 0 N–H and O–H groups in total. The van der Waals surface area contributed by atoms with E-state index in [-0.39, 0.29) is 5.91 Å². The lowest BCUT2D eigenvalue weighted by atomic mass is 9.97. The number of hydrogen-bond donors (Lipinski definition) is 0. The van der Waals surface area contributed by atoms with Crippen LogP contribution in [0.4, 0.5) is 18.9 Å². The molecule has 0 unspecified atom stereocenters. The van der Waals surface area contributed by atoms with Crippen molar-refractivity contribution in [1.29, 1.82) is 0 Å². The third kappa shape index (κ3) is 5.70. The lowest BCUT2D eigenvalue weighted by Gasteiger charge is -2.36. The lowest BCUT2D eigenvalue weighted by Crippen LogP contribution is -2.49. The summed E-state index contributed by atoms with van der Waals surface area (Å²) in [5.74, 6) is 0.263. The topological polar surface area (TPSA) is 52.6 Å². The molecule has 5 rings (SSSR count). The van der Waals surface area contributed by atoms with E-state index < -0.39 is 11.7 Å². The van der Waals surface area contributed by atoms with Crippen molar-refractivity contribution in [2.75, 3.05) is 44.2 Å². The van der Waals surface area contributed by atoms with Gasteiger partial charge >= 0.3 is 6.18 Å². The van der Waals surface area contributed by atoms with Gasteiger partial charge in [-0.25, -0.2) is 4.98 Å². The van der Waals surface area contributed by atoms with Gasteiger partial charge in [0.1, 0.15) is 5.69 Å². The highest BCUT2D eigenvalue weighted by molar-refractivity contribution is 7.09. The largest absolute Gasteiger partial charge is 0.416 e. The number of halogens is 3. The monoisotopic (exact) mass is 515 g/mol. The normalized spacial score (nSPS) is 18.0. The minimum Gasteiger partial charge on any atom is -0.368 e. The minimum atomic E-state index is -4.37. The van der Waals surface area contributed by atoms with Crippen LogP contribution in [-0.2, 0) is 12.7 Å². The van der Waals surface area contributed by atoms with Crippen LogP contribution in [-0.4, -0.2) is 64.9 Å². The zero-order chi connectivity index (χ0) is 25.1. The summed E-state index contributed by atoms with van der Waals surface area (Å²) in [6, 6.07) is 9.45. The fourth-order valence-corrected chi connectivity index (χ4v) is 5.83. The molecule has 0 bridgehead atoms. The number of likely N-dealkylation sites (tertiary alicyclic amines) is 1. The number of pyridine rings is 1. The number of thiazole rings is 1. The Hall–Kier alpha value is -2.98. The average Bonchev–Trinajstić information content (AvgIpc) is 3.39. The molecule has 0 atom stereocenters. The van der Waals surface area contributed by atoms with Crippen LogP contribution < -0.4 is 4.90 Å². The van der Waals surface area contributed by atoms with Crippen LogP contribution in [0.15, 0.2) is 54.2 Å². The van der Waals surface area contributed by atoms with Crippen LogP contribution in [0.3, 0.4) is 0 Å². The highest BCUT2D eigenvalue weighted by Crippen LogP contribution is 2.33. The molecule has 10 heteroatoms. The Bertz CT molecular complexity index is 1170. The molecule has 2 aliphatic rings. The first-order chi connectivity index (χ1) is 17.4. The molecular weight excluding hydrogens is 487 g/mol. The van der Waals surface area contributed by atoms with Gasteiger partial charge in [-0.05, 0) is 61.8 Å². The van der Waals surface area contributed by atoms with Crippen LogP contribution in [0.1, 0.15) is 45.4 Å². The second-order valence-electron chi connectivity index (χ2n) is 9.30. The molecular formula is C26H28F3N5OS. The Morgan fingerprint density at radius 2 is 1.72 bits per heavy atom. The van der Waals surface area contributed by atoms with E-state index in [2.05, 4.69) is 9.88 Å². The Morgan fingerprint density at radius 1 is 1.00 bits per heavy atom. The van der Waals surface area contributed by atoms with Crippen molar-refractivity contribution in [3.8, 4) is 0 Å². The number of alkyl halides is 3. The molecule has 3 aromatic rings. The minimum absolute atomic E-state index is 0.101. The zero-order valence-corrected chi connectivity index (χ0v) is 20.6. The maximum atomic E-state index is 13.1. The molecule has 2 saturated heterocycles. The SMILES string of the molecule is O=C(c1csc(C2CCN(Cc3ccncc3)CC2)n1)N1CCN(c2cccc(C(F)(F)F)c2)CC1. The van der Waals surface area contributed by atoms with Crippen molar-refractivity contribution in [3.63, 3.8) is 0 Å². The third-order valence-corrected chi connectivity index (χ3v) is 7.95. The summed E-state index contributed by atoms with van der Waals surface area (Å²) >= 11 is 1.55. The first kappa shape index (κ1) is 24.7. The molecule has 4 heterocycles. The molecule has 36 heavy (non-hydrogen) atoms. The quantitative estimate of drug-likeness (QED) is 0.484.